The smallest absolute Gasteiger partial charge is 0.271 e. The van der Waals surface area contributed by atoms with Gasteiger partial charge in [-0.2, -0.15) is 0 Å². The molecule has 24 heavy (non-hydrogen) atoms. The Balaban J connectivity index is 0.00000264. The fourth-order valence-corrected chi connectivity index (χ4v) is 2.72. The lowest BCUT2D eigenvalue weighted by Gasteiger charge is -2.33. The van der Waals surface area contributed by atoms with E-state index < -0.39 is 5.54 Å². The molecule has 2 rings (SSSR count). The first-order valence-electron chi connectivity index (χ1n) is 7.10. The van der Waals surface area contributed by atoms with Crippen molar-refractivity contribution in [3.8, 4) is 10.6 Å². The van der Waals surface area contributed by atoms with Crippen LogP contribution in [0.2, 0.25) is 0 Å². The Hall–Kier alpha value is -1.21. The third-order valence-corrected chi connectivity index (χ3v) is 4.81. The predicted molar refractivity (Wildman–Crippen MR) is 102 cm³/mol. The zero-order valence-corrected chi connectivity index (χ0v) is 16.2. The second-order valence-electron chi connectivity index (χ2n) is 5.75. The highest BCUT2D eigenvalue weighted by Crippen LogP contribution is 2.26. The minimum atomic E-state index is -0.501. The highest BCUT2D eigenvalue weighted by Gasteiger charge is 2.29. The molecule has 1 amide bonds. The van der Waals surface area contributed by atoms with E-state index in [9.17, 15) is 9.18 Å². The molecule has 3 N–H and O–H groups in total. The minimum Gasteiger partial charge on any atom is -0.344 e. The number of amides is 1. The van der Waals surface area contributed by atoms with E-state index in [0.29, 0.717) is 17.1 Å². The molecule has 1 aromatic heterocycles. The summed E-state index contributed by atoms with van der Waals surface area (Å²) in [6.45, 7) is 6.23. The molecule has 0 aliphatic carbocycles. The summed E-state index contributed by atoms with van der Waals surface area (Å²) in [5, 5.41) is 5.05. The maximum Gasteiger partial charge on any atom is 0.271 e. The van der Waals surface area contributed by atoms with Crippen LogP contribution in [0.3, 0.4) is 0 Å². The van der Waals surface area contributed by atoms with Gasteiger partial charge in [-0.15, -0.1) is 36.2 Å². The van der Waals surface area contributed by atoms with Crippen molar-refractivity contribution in [2.24, 2.45) is 11.7 Å². The molecule has 1 heterocycles. The quantitative estimate of drug-likeness (QED) is 0.809. The highest BCUT2D eigenvalue weighted by molar-refractivity contribution is 7.13. The van der Waals surface area contributed by atoms with Gasteiger partial charge in [0.15, 0.2) is 0 Å². The molecule has 1 aromatic carbocycles. The second kappa shape index (κ2) is 9.32. The lowest BCUT2D eigenvalue weighted by molar-refractivity contribution is 0.0879. The molecule has 0 saturated carbocycles. The molecular weight excluding hydrogens is 372 g/mol. The normalized spacial score (nSPS) is 12.8. The fourth-order valence-electron chi connectivity index (χ4n) is 1.89. The van der Waals surface area contributed by atoms with Crippen LogP contribution in [0, 0.1) is 11.7 Å². The predicted octanol–water partition coefficient (Wildman–Crippen LogP) is 3.90. The fraction of sp³-hybridized carbons (Fsp3) is 0.375. The monoisotopic (exact) mass is 393 g/mol. The van der Waals surface area contributed by atoms with Crippen molar-refractivity contribution < 1.29 is 9.18 Å². The molecule has 0 aliphatic rings. The molecule has 0 saturated heterocycles. The molecule has 134 valence electrons. The van der Waals surface area contributed by atoms with Crippen LogP contribution in [0.5, 0.6) is 0 Å². The zero-order valence-electron chi connectivity index (χ0n) is 13.7. The van der Waals surface area contributed by atoms with Gasteiger partial charge in [0.25, 0.3) is 5.91 Å². The number of nitrogens with two attached hydrogens (primary N) is 1. The molecule has 1 atom stereocenters. The highest BCUT2D eigenvalue weighted by atomic mass is 35.5. The van der Waals surface area contributed by atoms with E-state index in [1.807, 2.05) is 20.8 Å². The number of carbonyl (C=O) groups excluding carboxylic acids is 1. The average molecular weight is 394 g/mol. The number of rotatable bonds is 5. The summed E-state index contributed by atoms with van der Waals surface area (Å²) in [6.07, 6.45) is 0. The van der Waals surface area contributed by atoms with Gasteiger partial charge in [0.05, 0.1) is 5.54 Å². The summed E-state index contributed by atoms with van der Waals surface area (Å²) in [6, 6.07) is 6.38. The van der Waals surface area contributed by atoms with Crippen molar-refractivity contribution in [2.75, 3.05) is 6.54 Å². The molecule has 2 aromatic rings. The summed E-state index contributed by atoms with van der Waals surface area (Å²) < 4.78 is 13.8. The first kappa shape index (κ1) is 22.8. The molecule has 0 radical (unpaired) electrons. The molecule has 1 unspecified atom stereocenters. The van der Waals surface area contributed by atoms with Crippen LogP contribution in [0.25, 0.3) is 10.6 Å². The number of thiazole rings is 1. The van der Waals surface area contributed by atoms with E-state index in [0.717, 1.165) is 0 Å². The number of hydrogen-bond donors (Lipinski definition) is 2. The van der Waals surface area contributed by atoms with Crippen LogP contribution in [0.15, 0.2) is 29.6 Å². The van der Waals surface area contributed by atoms with E-state index in [-0.39, 0.29) is 48.2 Å². The lowest BCUT2D eigenvalue weighted by Crippen LogP contribution is -2.55. The number of hydrogen-bond acceptors (Lipinski definition) is 4. The van der Waals surface area contributed by atoms with Crippen molar-refractivity contribution in [3.05, 3.63) is 41.2 Å². The second-order valence-corrected chi connectivity index (χ2v) is 6.61. The van der Waals surface area contributed by atoms with Crippen LogP contribution in [-0.2, 0) is 0 Å². The largest absolute Gasteiger partial charge is 0.344 e. The molecular formula is C16H22Cl2FN3OS. The number of aromatic nitrogens is 1. The number of nitrogens with one attached hydrogen (secondary N) is 1. The van der Waals surface area contributed by atoms with Crippen molar-refractivity contribution >= 4 is 42.1 Å². The average Bonchev–Trinajstić information content (AvgIpc) is 2.97. The van der Waals surface area contributed by atoms with Gasteiger partial charge in [-0.05, 0) is 25.0 Å². The molecule has 0 bridgehead atoms. The van der Waals surface area contributed by atoms with Crippen LogP contribution in [0.4, 0.5) is 4.39 Å². The maximum absolute atomic E-state index is 13.8. The van der Waals surface area contributed by atoms with Crippen LogP contribution in [0.1, 0.15) is 31.3 Å². The topological polar surface area (TPSA) is 68.0 Å². The standard InChI is InChI=1S/C16H20FN3OS.2ClH/c1-10(2)16(3,9-18)20-14(21)13-8-22-15(19-13)11-6-4-5-7-12(11)17;;/h4-8,10H,9,18H2,1-3H3,(H,20,21);2*1H. The van der Waals surface area contributed by atoms with E-state index in [4.69, 9.17) is 5.73 Å². The van der Waals surface area contributed by atoms with Crippen LogP contribution >= 0.6 is 36.2 Å². The van der Waals surface area contributed by atoms with E-state index in [2.05, 4.69) is 10.3 Å². The Morgan fingerprint density at radius 1 is 1.38 bits per heavy atom. The molecule has 4 nitrogen and oxygen atoms in total. The number of halogens is 3. The lowest BCUT2D eigenvalue weighted by atomic mass is 9.88. The van der Waals surface area contributed by atoms with Crippen molar-refractivity contribution in [2.45, 2.75) is 26.3 Å². The van der Waals surface area contributed by atoms with Gasteiger partial charge in [0, 0.05) is 17.5 Å². The van der Waals surface area contributed by atoms with Crippen molar-refractivity contribution in [1.29, 1.82) is 0 Å². The van der Waals surface area contributed by atoms with E-state index in [1.165, 1.54) is 17.4 Å². The van der Waals surface area contributed by atoms with Crippen LogP contribution < -0.4 is 11.1 Å². The Morgan fingerprint density at radius 2 is 2.00 bits per heavy atom. The number of benzene rings is 1. The Morgan fingerprint density at radius 3 is 2.54 bits per heavy atom. The van der Waals surface area contributed by atoms with Crippen molar-refractivity contribution in [1.82, 2.24) is 10.3 Å². The van der Waals surface area contributed by atoms with Gasteiger partial charge in [0.1, 0.15) is 16.5 Å². The summed E-state index contributed by atoms with van der Waals surface area (Å²) in [5.74, 6) is -0.454. The summed E-state index contributed by atoms with van der Waals surface area (Å²) >= 11 is 1.24. The molecule has 0 spiro atoms. The van der Waals surface area contributed by atoms with Gasteiger partial charge in [0.2, 0.25) is 0 Å². The van der Waals surface area contributed by atoms with E-state index >= 15 is 0 Å². The van der Waals surface area contributed by atoms with Gasteiger partial charge in [-0.3, -0.25) is 4.79 Å². The van der Waals surface area contributed by atoms with Crippen molar-refractivity contribution in [3.63, 3.8) is 0 Å². The van der Waals surface area contributed by atoms with Gasteiger partial charge in [-0.1, -0.05) is 26.0 Å². The minimum absolute atomic E-state index is 0. The third-order valence-electron chi connectivity index (χ3n) is 3.94. The Bertz CT molecular complexity index is 681. The molecule has 8 heteroatoms. The summed E-state index contributed by atoms with van der Waals surface area (Å²) in [5.41, 5.74) is 5.95. The SMILES string of the molecule is CC(C)C(C)(CN)NC(=O)c1csc(-c2ccccc2F)n1.Cl.Cl. The first-order valence-corrected chi connectivity index (χ1v) is 7.98. The molecule has 0 fully saturated rings. The molecule has 0 aliphatic heterocycles. The number of carbonyl (C=O) groups is 1. The van der Waals surface area contributed by atoms with Gasteiger partial charge in [-0.25, -0.2) is 9.37 Å². The van der Waals surface area contributed by atoms with Crippen LogP contribution in [-0.4, -0.2) is 23.0 Å². The maximum atomic E-state index is 13.8. The Labute approximate surface area is 157 Å². The van der Waals surface area contributed by atoms with E-state index in [1.54, 1.807) is 23.6 Å². The first-order chi connectivity index (χ1) is 10.4. The Kier molecular flexibility index (Phi) is 8.85. The van der Waals surface area contributed by atoms with Gasteiger partial charge >= 0.3 is 0 Å². The third kappa shape index (κ3) is 4.89. The zero-order chi connectivity index (χ0) is 16.3. The van der Waals surface area contributed by atoms with Gasteiger partial charge < -0.3 is 11.1 Å². The summed E-state index contributed by atoms with van der Waals surface area (Å²) in [7, 11) is 0. The number of nitrogens with zero attached hydrogens (tertiary/aromatic N) is 1. The summed E-state index contributed by atoms with van der Waals surface area (Å²) in [4.78, 5) is 16.6.